The molecule has 1 aromatic heterocycles. The summed E-state index contributed by atoms with van der Waals surface area (Å²) in [5.74, 6) is 0. The second kappa shape index (κ2) is 31.4. The molecule has 0 aliphatic carbocycles. The molecule has 0 fully saturated rings. The Bertz CT molecular complexity index is 4250. The normalized spacial score (nSPS) is 10.8. The maximum Gasteiger partial charge on any atom is 0.0541 e. The Hall–Kier alpha value is -10.8. The first-order valence-electron chi connectivity index (χ1n) is 30.7. The number of hydrogen-bond donors (Lipinski definition) is 0. The predicted octanol–water partition coefficient (Wildman–Crippen LogP) is 25.2. The third kappa shape index (κ3) is 14.8. The van der Waals surface area contributed by atoms with E-state index in [4.69, 9.17) is 0 Å². The van der Waals surface area contributed by atoms with Crippen molar-refractivity contribution in [3.63, 3.8) is 0 Å². The van der Waals surface area contributed by atoms with Crippen molar-refractivity contribution in [2.24, 2.45) is 0 Å². The number of aromatic nitrogens is 1. The van der Waals surface area contributed by atoms with Gasteiger partial charge in [-0.2, -0.15) is 0 Å². The van der Waals surface area contributed by atoms with E-state index >= 15 is 0 Å². The highest BCUT2D eigenvalue weighted by Crippen LogP contribution is 2.39. The van der Waals surface area contributed by atoms with E-state index in [0.29, 0.717) is 0 Å². The summed E-state index contributed by atoms with van der Waals surface area (Å²) < 4.78 is 2.38. The van der Waals surface area contributed by atoms with Crippen molar-refractivity contribution in [1.29, 1.82) is 0 Å². The summed E-state index contributed by atoms with van der Waals surface area (Å²) in [6.45, 7) is 19.5. The highest BCUT2D eigenvalue weighted by molar-refractivity contribution is 6.10. The van der Waals surface area contributed by atoms with E-state index in [1.165, 1.54) is 99.7 Å². The van der Waals surface area contributed by atoms with Crippen LogP contribution in [0.25, 0.3) is 94.3 Å². The van der Waals surface area contributed by atoms with Gasteiger partial charge in [-0.15, -0.1) is 0 Å². The third-order valence-electron chi connectivity index (χ3n) is 15.3. The Morgan fingerprint density at radius 3 is 0.955 bits per heavy atom. The van der Waals surface area contributed by atoms with Crippen LogP contribution in [0.1, 0.15) is 52.7 Å². The molecule has 432 valence electrons. The SMILES string of the molecule is C=C/C(=C\C)c1ccccc1.C=C/C(=C\C)c1ccccc1.CC.CC.c1ccc(-c2ccc(N(c3ccccc3)c3ccc(-c4ccc(-c5ccc(-c6ccc7c(c6)c6ccccc6n7-c6ccc(-c7ccccc7)cc6)cc5)cc4)cc3)cc2)cc1. The summed E-state index contributed by atoms with van der Waals surface area (Å²) in [4.78, 5) is 2.31. The van der Waals surface area contributed by atoms with Gasteiger partial charge in [-0.25, -0.2) is 0 Å². The van der Waals surface area contributed by atoms with E-state index in [-0.39, 0.29) is 0 Å². The summed E-state index contributed by atoms with van der Waals surface area (Å²) in [6.07, 6.45) is 7.86. The number of benzene rings is 12. The molecular weight excluding hydrogens is 1060 g/mol. The van der Waals surface area contributed by atoms with Crippen molar-refractivity contribution in [2.75, 3.05) is 4.90 Å². The lowest BCUT2D eigenvalue weighted by atomic mass is 9.97. The predicted molar refractivity (Wildman–Crippen MR) is 386 cm³/mol. The molecule has 2 heteroatoms. The van der Waals surface area contributed by atoms with Crippen LogP contribution in [-0.2, 0) is 0 Å². The van der Waals surface area contributed by atoms with Crippen LogP contribution in [0.15, 0.2) is 353 Å². The van der Waals surface area contributed by atoms with Gasteiger partial charge in [0.2, 0.25) is 0 Å². The quantitative estimate of drug-likeness (QED) is 0.104. The number of anilines is 3. The largest absolute Gasteiger partial charge is 0.311 e. The minimum Gasteiger partial charge on any atom is -0.311 e. The molecular formula is C86H78N2. The number of hydrogen-bond acceptors (Lipinski definition) is 1. The molecule has 0 spiro atoms. The van der Waals surface area contributed by atoms with Crippen LogP contribution in [0, 0.1) is 0 Å². The van der Waals surface area contributed by atoms with Gasteiger partial charge < -0.3 is 9.47 Å². The van der Waals surface area contributed by atoms with Crippen molar-refractivity contribution in [2.45, 2.75) is 41.5 Å². The molecule has 12 aromatic carbocycles. The standard InChI is InChI=1S/C60H42N2.2C11H12.2C2H6/c1-4-12-43(13-5-1)48-28-35-54(36-29-48)61(53-16-8-3-9-17-53)55-37-30-50(31-38-55)47-22-20-45(21-23-47)46-24-26-51(27-25-46)52-34-41-60-58(42-52)57-18-10-11-19-59(57)62(60)56-39-32-49(33-40-56)44-14-6-2-7-15-44;2*1-3-10(4-2)11-8-6-5-7-9-11;2*1-2/h1-42H;2*3-9H,1H2,2H3;2*1-2H3/b;2*10-4+;;. The average molecular weight is 1140 g/mol. The Kier molecular flexibility index (Phi) is 22.0. The Labute approximate surface area is 523 Å². The van der Waals surface area contributed by atoms with Crippen LogP contribution in [-0.4, -0.2) is 4.57 Å². The van der Waals surface area contributed by atoms with Crippen molar-refractivity contribution in [3.8, 4) is 61.3 Å². The molecule has 0 aliphatic rings. The molecule has 0 radical (unpaired) electrons. The van der Waals surface area contributed by atoms with Crippen LogP contribution >= 0.6 is 0 Å². The fourth-order valence-corrected chi connectivity index (χ4v) is 10.9. The van der Waals surface area contributed by atoms with Crippen LogP contribution in [0.4, 0.5) is 17.1 Å². The summed E-state index contributed by atoms with van der Waals surface area (Å²) in [5, 5.41) is 2.51. The second-order valence-electron chi connectivity index (χ2n) is 20.4. The van der Waals surface area contributed by atoms with Crippen molar-refractivity contribution in [3.05, 3.63) is 364 Å². The highest BCUT2D eigenvalue weighted by Gasteiger charge is 2.16. The van der Waals surface area contributed by atoms with Gasteiger partial charge in [0.1, 0.15) is 0 Å². The van der Waals surface area contributed by atoms with Crippen LogP contribution in [0.2, 0.25) is 0 Å². The van der Waals surface area contributed by atoms with Gasteiger partial charge in [0, 0.05) is 33.5 Å². The minimum atomic E-state index is 1.11. The minimum absolute atomic E-state index is 1.11. The molecule has 2 nitrogen and oxygen atoms in total. The van der Waals surface area contributed by atoms with Crippen molar-refractivity contribution >= 4 is 50.0 Å². The first-order valence-corrected chi connectivity index (χ1v) is 30.7. The van der Waals surface area contributed by atoms with Crippen LogP contribution in [0.3, 0.4) is 0 Å². The maximum absolute atomic E-state index is 3.74. The second-order valence-corrected chi connectivity index (χ2v) is 20.4. The van der Waals surface area contributed by atoms with Crippen molar-refractivity contribution < 1.29 is 0 Å². The lowest BCUT2D eigenvalue weighted by Gasteiger charge is -2.26. The summed E-state index contributed by atoms with van der Waals surface area (Å²) in [6, 6.07) is 112. The molecule has 13 aromatic rings. The third-order valence-corrected chi connectivity index (χ3v) is 15.3. The first kappa shape index (κ1) is 61.8. The number of rotatable bonds is 13. The van der Waals surface area contributed by atoms with Gasteiger partial charge in [-0.3, -0.25) is 0 Å². The maximum atomic E-state index is 3.74. The first-order chi connectivity index (χ1) is 43.5. The lowest BCUT2D eigenvalue weighted by molar-refractivity contribution is 1.18. The Balaban J connectivity index is 0.000000296. The number of nitrogens with zero attached hydrogens (tertiary/aromatic N) is 2. The zero-order valence-corrected chi connectivity index (χ0v) is 51.6. The van der Waals surface area contributed by atoms with E-state index in [1.54, 1.807) is 0 Å². The lowest BCUT2D eigenvalue weighted by Crippen LogP contribution is -2.09. The molecule has 0 saturated carbocycles. The van der Waals surface area contributed by atoms with E-state index in [1.807, 2.05) is 90.1 Å². The Morgan fingerprint density at radius 2 is 0.568 bits per heavy atom. The van der Waals surface area contributed by atoms with Gasteiger partial charge in [0.15, 0.2) is 0 Å². The van der Waals surface area contributed by atoms with E-state index in [9.17, 15) is 0 Å². The fourth-order valence-electron chi connectivity index (χ4n) is 10.9. The molecule has 0 amide bonds. The van der Waals surface area contributed by atoms with Gasteiger partial charge in [0.25, 0.3) is 0 Å². The molecule has 1 heterocycles. The molecule has 0 saturated heterocycles. The smallest absolute Gasteiger partial charge is 0.0541 e. The van der Waals surface area contributed by atoms with Gasteiger partial charge in [0.05, 0.1) is 11.0 Å². The number of fused-ring (bicyclic) bond motifs is 3. The van der Waals surface area contributed by atoms with Gasteiger partial charge >= 0.3 is 0 Å². The van der Waals surface area contributed by atoms with E-state index in [0.717, 1.165) is 22.7 Å². The average Bonchev–Trinajstić information content (AvgIpc) is 2.18. The molecule has 0 aliphatic heterocycles. The molecule has 0 bridgehead atoms. The van der Waals surface area contributed by atoms with Gasteiger partial charge in [-0.05, 0) is 158 Å². The fraction of sp³-hybridized carbons (Fsp3) is 0.0698. The molecule has 88 heavy (non-hydrogen) atoms. The topological polar surface area (TPSA) is 8.17 Å². The number of allylic oxidation sites excluding steroid dienone is 6. The zero-order valence-electron chi connectivity index (χ0n) is 51.6. The summed E-state index contributed by atoms with van der Waals surface area (Å²) in [7, 11) is 0. The Morgan fingerprint density at radius 1 is 0.284 bits per heavy atom. The monoisotopic (exact) mass is 1140 g/mol. The summed E-state index contributed by atoms with van der Waals surface area (Å²) in [5.41, 5.74) is 23.8. The number of para-hydroxylation sites is 2. The van der Waals surface area contributed by atoms with E-state index in [2.05, 4.69) is 314 Å². The van der Waals surface area contributed by atoms with Crippen LogP contribution < -0.4 is 4.90 Å². The molecule has 0 N–H and O–H groups in total. The molecule has 13 rings (SSSR count). The zero-order chi connectivity index (χ0) is 61.5. The van der Waals surface area contributed by atoms with Crippen molar-refractivity contribution in [1.82, 2.24) is 4.57 Å². The highest BCUT2D eigenvalue weighted by atomic mass is 15.1. The van der Waals surface area contributed by atoms with E-state index < -0.39 is 0 Å². The summed E-state index contributed by atoms with van der Waals surface area (Å²) >= 11 is 0. The molecule has 0 atom stereocenters. The van der Waals surface area contributed by atoms with Gasteiger partial charge in [-0.1, -0.05) is 314 Å². The molecule has 0 unspecified atom stereocenters. The van der Waals surface area contributed by atoms with Crippen LogP contribution in [0.5, 0.6) is 0 Å².